The minimum atomic E-state index is -1.54. The van der Waals surface area contributed by atoms with E-state index in [0.717, 1.165) is 0 Å². The Balaban J connectivity index is 3.08. The van der Waals surface area contributed by atoms with Gasteiger partial charge in [-0.05, 0) is 20.8 Å². The fourth-order valence-electron chi connectivity index (χ4n) is 1.37. The van der Waals surface area contributed by atoms with Crippen LogP contribution in [0.5, 0.6) is 0 Å². The highest BCUT2D eigenvalue weighted by atomic mass is 32.2. The normalized spacial score (nSPS) is 15.1. The maximum absolute atomic E-state index is 13.6. The molecule has 0 bridgehead atoms. The van der Waals surface area contributed by atoms with Crippen molar-refractivity contribution in [2.75, 3.05) is 0 Å². The average Bonchev–Trinajstić information content (AvgIpc) is 2.24. The van der Waals surface area contributed by atoms with Crippen molar-refractivity contribution < 1.29 is 17.7 Å². The summed E-state index contributed by atoms with van der Waals surface area (Å²) in [5, 5.41) is 0. The summed E-state index contributed by atoms with van der Waals surface area (Å²) in [6.07, 6.45) is 1.23. The van der Waals surface area contributed by atoms with Crippen molar-refractivity contribution in [2.24, 2.45) is 0 Å². The van der Waals surface area contributed by atoms with Crippen molar-refractivity contribution in [3.63, 3.8) is 0 Å². The van der Waals surface area contributed by atoms with Gasteiger partial charge in [-0.25, -0.2) is 13.2 Å². The van der Waals surface area contributed by atoms with Crippen molar-refractivity contribution >= 4 is 11.4 Å². The van der Waals surface area contributed by atoms with Crippen molar-refractivity contribution in [3.05, 3.63) is 47.8 Å². The monoisotopic (exact) mass is 291 g/mol. The van der Waals surface area contributed by atoms with Gasteiger partial charge in [0.1, 0.15) is 28.2 Å². The first-order chi connectivity index (χ1) is 8.66. The quantitative estimate of drug-likeness (QED) is 0.682. The molecule has 1 N–H and O–H groups in total. The predicted octanol–water partition coefficient (Wildman–Crippen LogP) is 3.38. The molecule has 19 heavy (non-hydrogen) atoms. The summed E-state index contributed by atoms with van der Waals surface area (Å²) in [5.41, 5.74) is -0.394. The van der Waals surface area contributed by atoms with Gasteiger partial charge >= 0.3 is 0 Å². The molecule has 0 spiro atoms. The number of halogens is 3. The van der Waals surface area contributed by atoms with Gasteiger partial charge in [-0.3, -0.25) is 0 Å². The first-order valence-corrected chi connectivity index (χ1v) is 6.77. The Morgan fingerprint density at radius 1 is 1.26 bits per heavy atom. The van der Waals surface area contributed by atoms with Gasteiger partial charge in [-0.15, -0.1) is 11.3 Å². The molecule has 0 saturated carbocycles. The summed E-state index contributed by atoms with van der Waals surface area (Å²) in [6.45, 7) is 8.60. The number of rotatable bonds is 4. The largest absolute Gasteiger partial charge is 0.598 e. The van der Waals surface area contributed by atoms with Crippen LogP contribution in [0.25, 0.3) is 0 Å². The number of hydrogen-bond donors (Lipinski definition) is 1. The van der Waals surface area contributed by atoms with Crippen LogP contribution in [0.15, 0.2) is 24.8 Å². The second-order valence-electron chi connectivity index (χ2n) is 5.00. The van der Waals surface area contributed by atoms with Crippen molar-refractivity contribution in [1.29, 1.82) is 0 Å². The van der Waals surface area contributed by atoms with Crippen LogP contribution in [0.4, 0.5) is 13.2 Å². The molecule has 0 amide bonds. The zero-order chi connectivity index (χ0) is 14.8. The van der Waals surface area contributed by atoms with E-state index in [1.165, 1.54) is 6.08 Å². The summed E-state index contributed by atoms with van der Waals surface area (Å²) in [5.74, 6) is -3.08. The van der Waals surface area contributed by atoms with Crippen molar-refractivity contribution in [1.82, 2.24) is 4.72 Å². The summed E-state index contributed by atoms with van der Waals surface area (Å²) in [6, 6.07) is 0.161. The molecule has 0 aliphatic carbocycles. The first-order valence-electron chi connectivity index (χ1n) is 5.62. The minimum absolute atomic E-state index is 0.394. The van der Waals surface area contributed by atoms with Crippen LogP contribution in [0, 0.1) is 17.5 Å². The molecule has 0 saturated heterocycles. The number of hydrogen-bond acceptors (Lipinski definition) is 2. The summed E-state index contributed by atoms with van der Waals surface area (Å²) in [7, 11) is 0. The van der Waals surface area contributed by atoms with Crippen LogP contribution in [0.3, 0.4) is 0 Å². The van der Waals surface area contributed by atoms with Gasteiger partial charge in [-0.2, -0.15) is 0 Å². The molecular weight excluding hydrogens is 275 g/mol. The standard InChI is InChI=1S/C13H16F3NOS/c1-5-11(17-19(18)13(2,3)4)12-9(15)6-8(14)7-10(12)16/h5-7,11,17H,1H2,2-4H3/t11-,19-/m0/s1. The van der Waals surface area contributed by atoms with E-state index in [2.05, 4.69) is 11.3 Å². The van der Waals surface area contributed by atoms with Crippen molar-refractivity contribution in [3.8, 4) is 0 Å². The Morgan fingerprint density at radius 2 is 1.74 bits per heavy atom. The van der Waals surface area contributed by atoms with E-state index in [0.29, 0.717) is 12.1 Å². The van der Waals surface area contributed by atoms with Gasteiger partial charge in [0, 0.05) is 29.1 Å². The van der Waals surface area contributed by atoms with E-state index in [4.69, 9.17) is 0 Å². The molecule has 1 rings (SSSR count). The third-order valence-corrected chi connectivity index (χ3v) is 3.96. The lowest BCUT2D eigenvalue weighted by Crippen LogP contribution is -2.41. The van der Waals surface area contributed by atoms with E-state index in [-0.39, 0.29) is 0 Å². The van der Waals surface area contributed by atoms with E-state index in [9.17, 15) is 17.7 Å². The van der Waals surface area contributed by atoms with Crippen LogP contribution >= 0.6 is 0 Å². The fraction of sp³-hybridized carbons (Fsp3) is 0.385. The molecule has 0 unspecified atom stereocenters. The van der Waals surface area contributed by atoms with Gasteiger partial charge in [0.25, 0.3) is 0 Å². The Bertz CT molecular complexity index is 450. The zero-order valence-electron chi connectivity index (χ0n) is 11.0. The lowest BCUT2D eigenvalue weighted by atomic mass is 10.1. The van der Waals surface area contributed by atoms with Gasteiger partial charge in [0.15, 0.2) is 0 Å². The third-order valence-electron chi connectivity index (χ3n) is 2.38. The van der Waals surface area contributed by atoms with Crippen LogP contribution < -0.4 is 4.72 Å². The van der Waals surface area contributed by atoms with Crippen LogP contribution in [0.1, 0.15) is 32.4 Å². The average molecular weight is 291 g/mol. The second-order valence-corrected chi connectivity index (χ2v) is 6.99. The lowest BCUT2D eigenvalue weighted by Gasteiger charge is -2.27. The van der Waals surface area contributed by atoms with Crippen molar-refractivity contribution in [2.45, 2.75) is 31.6 Å². The van der Waals surface area contributed by atoms with E-state index < -0.39 is 45.2 Å². The molecule has 2 atom stereocenters. The SMILES string of the molecule is C=C[C@H](N[S@@+]([O-])C(C)(C)C)c1c(F)cc(F)cc1F. The van der Waals surface area contributed by atoms with Gasteiger partial charge < -0.3 is 4.55 Å². The van der Waals surface area contributed by atoms with E-state index in [1.54, 1.807) is 20.8 Å². The van der Waals surface area contributed by atoms with Crippen LogP contribution in [0.2, 0.25) is 0 Å². The molecule has 0 aliphatic rings. The number of benzene rings is 1. The molecule has 106 valence electrons. The molecule has 1 aromatic rings. The molecule has 0 heterocycles. The van der Waals surface area contributed by atoms with E-state index in [1.807, 2.05) is 0 Å². The van der Waals surface area contributed by atoms with Gasteiger partial charge in [0.05, 0.1) is 0 Å². The molecule has 0 radical (unpaired) electrons. The fourth-order valence-corrected chi connectivity index (χ4v) is 2.17. The van der Waals surface area contributed by atoms with Crippen LogP contribution in [-0.2, 0) is 11.4 Å². The molecule has 0 aliphatic heterocycles. The Labute approximate surface area is 114 Å². The van der Waals surface area contributed by atoms with E-state index >= 15 is 0 Å². The number of nitrogens with one attached hydrogen (secondary N) is 1. The van der Waals surface area contributed by atoms with Gasteiger partial charge in [-0.1, -0.05) is 6.08 Å². The molecule has 0 aromatic heterocycles. The molecule has 2 nitrogen and oxygen atoms in total. The summed E-state index contributed by atoms with van der Waals surface area (Å²) >= 11 is -1.54. The highest BCUT2D eigenvalue weighted by Gasteiger charge is 2.31. The molecule has 0 fully saturated rings. The van der Waals surface area contributed by atoms with Gasteiger partial charge in [0.2, 0.25) is 0 Å². The van der Waals surface area contributed by atoms with Crippen LogP contribution in [-0.4, -0.2) is 9.30 Å². The maximum Gasteiger partial charge on any atom is 0.136 e. The summed E-state index contributed by atoms with van der Waals surface area (Å²) in [4.78, 5) is 0. The second kappa shape index (κ2) is 5.98. The Hall–Kier alpha value is -0.980. The highest BCUT2D eigenvalue weighted by Crippen LogP contribution is 2.25. The molecular formula is C13H16F3NOS. The molecule has 6 heteroatoms. The Morgan fingerprint density at radius 3 is 2.11 bits per heavy atom. The summed E-state index contributed by atoms with van der Waals surface area (Å²) < 4.78 is 54.0. The highest BCUT2D eigenvalue weighted by molar-refractivity contribution is 7.90. The lowest BCUT2D eigenvalue weighted by molar-refractivity contribution is 0.500. The Kier molecular flexibility index (Phi) is 5.06. The minimum Gasteiger partial charge on any atom is -0.598 e. The third kappa shape index (κ3) is 3.99. The maximum atomic E-state index is 13.6. The molecule has 1 aromatic carbocycles. The first kappa shape index (κ1) is 16.1. The topological polar surface area (TPSA) is 35.1 Å². The predicted molar refractivity (Wildman–Crippen MR) is 70.3 cm³/mol. The smallest absolute Gasteiger partial charge is 0.136 e. The zero-order valence-corrected chi connectivity index (χ0v) is 11.8.